The lowest BCUT2D eigenvalue weighted by Gasteiger charge is -2.03. The van der Waals surface area contributed by atoms with E-state index >= 15 is 0 Å². The number of nitrogens with one attached hydrogen (secondary N) is 1. The number of H-pyrrole nitrogens is 1. The molecule has 5 rings (SSSR count). The van der Waals surface area contributed by atoms with E-state index in [1.54, 1.807) is 10.9 Å². The minimum atomic E-state index is 0.765. The van der Waals surface area contributed by atoms with Crippen molar-refractivity contribution in [3.05, 3.63) is 67.4 Å². The van der Waals surface area contributed by atoms with Crippen molar-refractivity contribution in [2.24, 2.45) is 7.05 Å². The Bertz CT molecular complexity index is 1200. The van der Waals surface area contributed by atoms with Gasteiger partial charge in [-0.15, -0.1) is 0 Å². The van der Waals surface area contributed by atoms with Gasteiger partial charge >= 0.3 is 0 Å². The van der Waals surface area contributed by atoms with Crippen molar-refractivity contribution >= 4 is 11.1 Å². The van der Waals surface area contributed by atoms with Crippen molar-refractivity contribution in [3.63, 3.8) is 0 Å². The zero-order valence-corrected chi connectivity index (χ0v) is 14.0. The minimum absolute atomic E-state index is 0.765. The topological polar surface area (TPSA) is 72.5 Å². The van der Waals surface area contributed by atoms with Crippen molar-refractivity contribution in [3.8, 4) is 33.5 Å². The lowest BCUT2D eigenvalue weighted by Crippen LogP contribution is -1.86. The Hall–Kier alpha value is -3.67. The molecule has 0 atom stereocenters. The highest BCUT2D eigenvalue weighted by molar-refractivity contribution is 5.92. The van der Waals surface area contributed by atoms with Gasteiger partial charge in [-0.1, -0.05) is 18.2 Å². The number of nitrogens with zero attached hydrogens (tertiary/aromatic N) is 4. The van der Waals surface area contributed by atoms with Gasteiger partial charge in [-0.25, -0.2) is 4.98 Å². The van der Waals surface area contributed by atoms with Gasteiger partial charge in [-0.05, 0) is 29.3 Å². The number of fused-ring (bicyclic) bond motifs is 1. The van der Waals surface area contributed by atoms with Crippen LogP contribution in [0.4, 0.5) is 0 Å². The quantitative estimate of drug-likeness (QED) is 0.531. The fourth-order valence-electron chi connectivity index (χ4n) is 3.11. The Morgan fingerprint density at radius 3 is 2.73 bits per heavy atom. The summed E-state index contributed by atoms with van der Waals surface area (Å²) in [5.41, 5.74) is 7.62. The fourth-order valence-corrected chi connectivity index (χ4v) is 3.11. The van der Waals surface area contributed by atoms with Crippen LogP contribution in [0.3, 0.4) is 0 Å². The number of hydrogen-bond acceptors (Lipinski definition) is 4. The molecule has 6 nitrogen and oxygen atoms in total. The van der Waals surface area contributed by atoms with E-state index in [1.165, 1.54) is 0 Å². The van der Waals surface area contributed by atoms with Gasteiger partial charge in [0.2, 0.25) is 0 Å². The average Bonchev–Trinajstić information content (AvgIpc) is 3.42. The molecule has 1 N–H and O–H groups in total. The fraction of sp³-hybridized carbons (Fsp3) is 0.0500. The Labute approximate surface area is 149 Å². The van der Waals surface area contributed by atoms with Crippen molar-refractivity contribution in [1.82, 2.24) is 25.0 Å². The third-order valence-corrected chi connectivity index (χ3v) is 4.42. The van der Waals surface area contributed by atoms with Gasteiger partial charge in [-0.3, -0.25) is 9.78 Å². The number of aryl methyl sites for hydroxylation is 1. The van der Waals surface area contributed by atoms with Crippen LogP contribution in [-0.2, 0) is 7.05 Å². The normalized spacial score (nSPS) is 11.3. The SMILES string of the molecule is Cn1cc(-c2ccc3occ(-c4cccc(-c5cn[nH]c5)c4)c3n2)cn1. The van der Waals surface area contributed by atoms with Crippen LogP contribution in [-0.4, -0.2) is 25.0 Å². The summed E-state index contributed by atoms with van der Waals surface area (Å²) in [4.78, 5) is 4.82. The molecule has 0 saturated heterocycles. The van der Waals surface area contributed by atoms with E-state index in [0.29, 0.717) is 0 Å². The first-order chi connectivity index (χ1) is 12.8. The Morgan fingerprint density at radius 2 is 1.92 bits per heavy atom. The second-order valence-corrected chi connectivity index (χ2v) is 6.16. The number of furan rings is 1. The largest absolute Gasteiger partial charge is 0.462 e. The number of aromatic amines is 1. The van der Waals surface area contributed by atoms with Crippen molar-refractivity contribution < 1.29 is 4.42 Å². The average molecular weight is 341 g/mol. The zero-order valence-electron chi connectivity index (χ0n) is 14.0. The van der Waals surface area contributed by atoms with E-state index in [-0.39, 0.29) is 0 Å². The maximum absolute atomic E-state index is 5.73. The smallest absolute Gasteiger partial charge is 0.153 e. The lowest BCUT2D eigenvalue weighted by atomic mass is 10.0. The Morgan fingerprint density at radius 1 is 1.00 bits per heavy atom. The lowest BCUT2D eigenvalue weighted by molar-refractivity contribution is 0.616. The summed E-state index contributed by atoms with van der Waals surface area (Å²) in [6.07, 6.45) is 9.22. The van der Waals surface area contributed by atoms with Crippen molar-refractivity contribution in [2.45, 2.75) is 0 Å². The van der Waals surface area contributed by atoms with E-state index in [0.717, 1.165) is 44.6 Å². The van der Waals surface area contributed by atoms with Crippen LogP contribution in [0.2, 0.25) is 0 Å². The maximum Gasteiger partial charge on any atom is 0.153 e. The van der Waals surface area contributed by atoms with Crippen molar-refractivity contribution in [2.75, 3.05) is 0 Å². The molecule has 0 fully saturated rings. The predicted molar refractivity (Wildman–Crippen MR) is 99.2 cm³/mol. The Kier molecular flexibility index (Phi) is 3.21. The van der Waals surface area contributed by atoms with Crippen LogP contribution in [0.15, 0.2) is 71.9 Å². The van der Waals surface area contributed by atoms with E-state index in [4.69, 9.17) is 9.40 Å². The molecular formula is C20H15N5O. The third-order valence-electron chi connectivity index (χ3n) is 4.42. The van der Waals surface area contributed by atoms with Gasteiger partial charge in [0.25, 0.3) is 0 Å². The summed E-state index contributed by atoms with van der Waals surface area (Å²) >= 11 is 0. The molecule has 0 radical (unpaired) electrons. The maximum atomic E-state index is 5.73. The summed E-state index contributed by atoms with van der Waals surface area (Å²) in [5.74, 6) is 0. The van der Waals surface area contributed by atoms with Crippen LogP contribution in [0.5, 0.6) is 0 Å². The van der Waals surface area contributed by atoms with Crippen LogP contribution >= 0.6 is 0 Å². The molecule has 0 aliphatic rings. The van der Waals surface area contributed by atoms with Crippen LogP contribution in [0, 0.1) is 0 Å². The highest BCUT2D eigenvalue weighted by Gasteiger charge is 2.13. The summed E-state index contributed by atoms with van der Waals surface area (Å²) in [6.45, 7) is 0. The molecule has 0 aliphatic heterocycles. The highest BCUT2D eigenvalue weighted by Crippen LogP contribution is 2.33. The molecule has 0 amide bonds. The van der Waals surface area contributed by atoms with E-state index in [9.17, 15) is 0 Å². The molecule has 0 unspecified atom stereocenters. The molecule has 5 aromatic rings. The van der Waals surface area contributed by atoms with Crippen LogP contribution in [0.1, 0.15) is 0 Å². The van der Waals surface area contributed by atoms with Gasteiger partial charge in [0, 0.05) is 36.1 Å². The highest BCUT2D eigenvalue weighted by atomic mass is 16.3. The summed E-state index contributed by atoms with van der Waals surface area (Å²) in [7, 11) is 1.90. The van der Waals surface area contributed by atoms with E-state index in [1.807, 2.05) is 50.0 Å². The standard InChI is InChI=1S/C20H15N5O/c1-25-11-16(10-23-25)18-5-6-19-20(24-18)17(12-26-19)14-4-2-3-13(7-14)15-8-21-22-9-15/h2-12H,1H3,(H,21,22). The van der Waals surface area contributed by atoms with Crippen LogP contribution < -0.4 is 0 Å². The second kappa shape index (κ2) is 5.70. The molecule has 0 saturated carbocycles. The molecule has 0 spiro atoms. The van der Waals surface area contributed by atoms with Crippen molar-refractivity contribution in [1.29, 1.82) is 0 Å². The molecule has 4 heterocycles. The molecule has 0 bridgehead atoms. The number of rotatable bonds is 3. The first-order valence-electron chi connectivity index (χ1n) is 8.25. The second-order valence-electron chi connectivity index (χ2n) is 6.16. The number of aromatic nitrogens is 5. The van der Waals surface area contributed by atoms with Gasteiger partial charge < -0.3 is 4.42 Å². The number of pyridine rings is 1. The first kappa shape index (κ1) is 14.7. The third kappa shape index (κ3) is 2.39. The molecule has 26 heavy (non-hydrogen) atoms. The Balaban J connectivity index is 1.64. The van der Waals surface area contributed by atoms with Gasteiger partial charge in [-0.2, -0.15) is 10.2 Å². The summed E-state index contributed by atoms with van der Waals surface area (Å²) in [5, 5.41) is 11.1. The van der Waals surface area contributed by atoms with E-state index in [2.05, 4.69) is 33.5 Å². The molecule has 4 aromatic heterocycles. The molecular weight excluding hydrogens is 326 g/mol. The summed E-state index contributed by atoms with van der Waals surface area (Å²) in [6, 6.07) is 12.2. The molecule has 1 aromatic carbocycles. The zero-order chi connectivity index (χ0) is 17.5. The first-order valence-corrected chi connectivity index (χ1v) is 8.25. The number of benzene rings is 1. The van der Waals surface area contributed by atoms with Gasteiger partial charge in [0.05, 0.1) is 18.1 Å². The molecule has 6 heteroatoms. The molecule has 126 valence electrons. The van der Waals surface area contributed by atoms with Gasteiger partial charge in [0.1, 0.15) is 11.8 Å². The van der Waals surface area contributed by atoms with Gasteiger partial charge in [0.15, 0.2) is 5.58 Å². The monoisotopic (exact) mass is 341 g/mol. The van der Waals surface area contributed by atoms with E-state index < -0.39 is 0 Å². The predicted octanol–water partition coefficient (Wildman–Crippen LogP) is 4.29. The minimum Gasteiger partial charge on any atom is -0.462 e. The summed E-state index contributed by atoms with van der Waals surface area (Å²) < 4.78 is 7.50. The van der Waals surface area contributed by atoms with Crippen LogP contribution in [0.25, 0.3) is 44.6 Å². The molecule has 0 aliphatic carbocycles. The number of hydrogen-bond donors (Lipinski definition) is 1.